The van der Waals surface area contributed by atoms with Gasteiger partial charge in [-0.3, -0.25) is 9.59 Å². The molecule has 2 N–H and O–H groups in total. The van der Waals surface area contributed by atoms with Gasteiger partial charge in [0.2, 0.25) is 6.79 Å². The second kappa shape index (κ2) is 8.24. The molecule has 1 unspecified atom stereocenters. The van der Waals surface area contributed by atoms with Crippen LogP contribution in [0.3, 0.4) is 0 Å². The number of carbonyl (C=O) groups is 2. The van der Waals surface area contributed by atoms with Gasteiger partial charge in [0.15, 0.2) is 11.5 Å². The van der Waals surface area contributed by atoms with Gasteiger partial charge in [-0.1, -0.05) is 12.1 Å². The van der Waals surface area contributed by atoms with Crippen molar-refractivity contribution in [2.75, 3.05) is 12.1 Å². The van der Waals surface area contributed by atoms with E-state index in [1.54, 1.807) is 30.3 Å². The van der Waals surface area contributed by atoms with Gasteiger partial charge in [0.25, 0.3) is 11.8 Å². The number of benzene rings is 3. The van der Waals surface area contributed by atoms with Crippen molar-refractivity contribution in [1.29, 1.82) is 0 Å². The van der Waals surface area contributed by atoms with Gasteiger partial charge in [-0.25, -0.2) is 4.39 Å². The monoisotopic (exact) mass is 406 g/mol. The summed E-state index contributed by atoms with van der Waals surface area (Å²) in [5, 5.41) is 5.70. The highest BCUT2D eigenvalue weighted by molar-refractivity contribution is 6.04. The highest BCUT2D eigenvalue weighted by atomic mass is 19.1. The fourth-order valence-electron chi connectivity index (χ4n) is 3.06. The summed E-state index contributed by atoms with van der Waals surface area (Å²) in [4.78, 5) is 24.7. The van der Waals surface area contributed by atoms with Crippen molar-refractivity contribution < 1.29 is 23.5 Å². The van der Waals surface area contributed by atoms with Crippen LogP contribution in [0.4, 0.5) is 10.1 Å². The third-order valence-corrected chi connectivity index (χ3v) is 4.76. The Balaban J connectivity index is 1.37. The Kier molecular flexibility index (Phi) is 5.34. The molecule has 0 saturated carbocycles. The van der Waals surface area contributed by atoms with E-state index in [0.717, 1.165) is 5.56 Å². The number of hydrogen-bond donors (Lipinski definition) is 2. The number of hydrogen-bond acceptors (Lipinski definition) is 4. The summed E-state index contributed by atoms with van der Waals surface area (Å²) in [5.74, 6) is 0.225. The molecule has 0 aromatic heterocycles. The molecule has 1 atom stereocenters. The van der Waals surface area contributed by atoms with Gasteiger partial charge in [-0.2, -0.15) is 0 Å². The number of rotatable bonds is 5. The Morgan fingerprint density at radius 2 is 1.53 bits per heavy atom. The number of carbonyl (C=O) groups excluding carboxylic acids is 2. The summed E-state index contributed by atoms with van der Waals surface area (Å²) in [6.45, 7) is 2.03. The molecule has 0 saturated heterocycles. The summed E-state index contributed by atoms with van der Waals surface area (Å²) in [6.07, 6.45) is 0. The van der Waals surface area contributed by atoms with E-state index in [4.69, 9.17) is 9.47 Å². The zero-order valence-corrected chi connectivity index (χ0v) is 16.1. The van der Waals surface area contributed by atoms with E-state index in [1.165, 1.54) is 24.3 Å². The first-order valence-corrected chi connectivity index (χ1v) is 9.37. The van der Waals surface area contributed by atoms with Crippen LogP contribution in [-0.4, -0.2) is 18.6 Å². The van der Waals surface area contributed by atoms with Crippen LogP contribution in [0.25, 0.3) is 0 Å². The van der Waals surface area contributed by atoms with Crippen LogP contribution in [0.15, 0.2) is 66.7 Å². The summed E-state index contributed by atoms with van der Waals surface area (Å²) < 4.78 is 23.5. The highest BCUT2D eigenvalue weighted by Gasteiger charge is 2.18. The first-order valence-electron chi connectivity index (χ1n) is 9.37. The van der Waals surface area contributed by atoms with Gasteiger partial charge in [0.05, 0.1) is 6.04 Å². The minimum atomic E-state index is -0.396. The van der Waals surface area contributed by atoms with Crippen molar-refractivity contribution in [2.24, 2.45) is 0 Å². The van der Waals surface area contributed by atoms with Crippen LogP contribution in [0.5, 0.6) is 11.5 Å². The van der Waals surface area contributed by atoms with Crippen LogP contribution >= 0.6 is 0 Å². The standard InChI is InChI=1S/C23H19FN2O4/c1-14(25-23(28)17-6-11-20-21(12-17)30-13-29-20)15-4-9-19(10-5-15)26-22(27)16-2-7-18(24)8-3-16/h2-12,14H,13H2,1H3,(H,25,28)(H,26,27). The SMILES string of the molecule is CC(NC(=O)c1ccc2c(c1)OCO2)c1ccc(NC(=O)c2ccc(F)cc2)cc1. The van der Waals surface area contributed by atoms with E-state index in [0.29, 0.717) is 28.3 Å². The van der Waals surface area contributed by atoms with E-state index >= 15 is 0 Å². The van der Waals surface area contributed by atoms with E-state index < -0.39 is 5.82 Å². The molecular weight excluding hydrogens is 387 g/mol. The van der Waals surface area contributed by atoms with Crippen LogP contribution in [-0.2, 0) is 0 Å². The molecule has 0 bridgehead atoms. The maximum atomic E-state index is 13.0. The normalized spacial score (nSPS) is 12.9. The van der Waals surface area contributed by atoms with Gasteiger partial charge in [-0.05, 0) is 67.1 Å². The Morgan fingerprint density at radius 1 is 0.867 bits per heavy atom. The Bertz CT molecular complexity index is 1080. The lowest BCUT2D eigenvalue weighted by molar-refractivity contribution is 0.0938. The smallest absolute Gasteiger partial charge is 0.255 e. The van der Waals surface area contributed by atoms with Crippen molar-refractivity contribution in [3.05, 3.63) is 89.2 Å². The van der Waals surface area contributed by atoms with E-state index in [2.05, 4.69) is 10.6 Å². The van der Waals surface area contributed by atoms with Gasteiger partial charge >= 0.3 is 0 Å². The molecule has 0 spiro atoms. The number of nitrogens with one attached hydrogen (secondary N) is 2. The zero-order valence-electron chi connectivity index (χ0n) is 16.1. The molecule has 3 aromatic carbocycles. The molecule has 152 valence electrons. The zero-order chi connectivity index (χ0) is 21.1. The van der Waals surface area contributed by atoms with E-state index in [-0.39, 0.29) is 24.6 Å². The predicted octanol–water partition coefficient (Wildman–Crippen LogP) is 4.30. The summed E-state index contributed by atoms with van der Waals surface area (Å²) in [7, 11) is 0. The molecule has 7 heteroatoms. The van der Waals surface area contributed by atoms with E-state index in [9.17, 15) is 14.0 Å². The number of amides is 2. The molecule has 0 fully saturated rings. The molecule has 2 amide bonds. The van der Waals surface area contributed by atoms with Crippen molar-refractivity contribution in [3.8, 4) is 11.5 Å². The molecule has 3 aromatic rings. The van der Waals surface area contributed by atoms with Crippen molar-refractivity contribution in [1.82, 2.24) is 5.32 Å². The summed E-state index contributed by atoms with van der Waals surface area (Å²) in [5.41, 5.74) is 2.32. The molecule has 1 aliphatic heterocycles. The van der Waals surface area contributed by atoms with Crippen molar-refractivity contribution >= 4 is 17.5 Å². The highest BCUT2D eigenvalue weighted by Crippen LogP contribution is 2.32. The minimum Gasteiger partial charge on any atom is -0.454 e. The van der Waals surface area contributed by atoms with Crippen LogP contribution in [0.2, 0.25) is 0 Å². The molecule has 0 aliphatic carbocycles. The van der Waals surface area contributed by atoms with E-state index in [1.807, 2.05) is 19.1 Å². The second-order valence-electron chi connectivity index (χ2n) is 6.85. The number of ether oxygens (including phenoxy) is 2. The number of fused-ring (bicyclic) bond motifs is 1. The number of anilines is 1. The molecular formula is C23H19FN2O4. The third kappa shape index (κ3) is 4.25. The maximum absolute atomic E-state index is 13.0. The molecule has 4 rings (SSSR count). The van der Waals surface area contributed by atoms with Crippen molar-refractivity contribution in [2.45, 2.75) is 13.0 Å². The third-order valence-electron chi connectivity index (χ3n) is 4.76. The van der Waals surface area contributed by atoms with Gasteiger partial charge in [-0.15, -0.1) is 0 Å². The van der Waals surface area contributed by atoms with Crippen LogP contribution in [0.1, 0.15) is 39.2 Å². The molecule has 1 aliphatic rings. The van der Waals surface area contributed by atoms with Gasteiger partial charge < -0.3 is 20.1 Å². The maximum Gasteiger partial charge on any atom is 0.255 e. The molecule has 30 heavy (non-hydrogen) atoms. The van der Waals surface area contributed by atoms with Gasteiger partial charge in [0, 0.05) is 16.8 Å². The average molecular weight is 406 g/mol. The largest absolute Gasteiger partial charge is 0.454 e. The lowest BCUT2D eigenvalue weighted by Gasteiger charge is -2.15. The van der Waals surface area contributed by atoms with Gasteiger partial charge in [0.1, 0.15) is 5.82 Å². The quantitative estimate of drug-likeness (QED) is 0.663. The van der Waals surface area contributed by atoms with Crippen LogP contribution in [0, 0.1) is 5.82 Å². The Hall–Kier alpha value is -3.87. The summed E-state index contributed by atoms with van der Waals surface area (Å²) in [6, 6.07) is 17.3. The lowest BCUT2D eigenvalue weighted by Crippen LogP contribution is -2.26. The topological polar surface area (TPSA) is 76.7 Å². The second-order valence-corrected chi connectivity index (χ2v) is 6.85. The van der Waals surface area contributed by atoms with Crippen LogP contribution < -0.4 is 20.1 Å². The predicted molar refractivity (Wildman–Crippen MR) is 109 cm³/mol. The first kappa shape index (κ1) is 19.4. The Labute approximate surface area is 172 Å². The molecule has 1 heterocycles. The fraction of sp³-hybridized carbons (Fsp3) is 0.130. The first-order chi connectivity index (χ1) is 14.5. The summed E-state index contributed by atoms with van der Waals surface area (Å²) >= 11 is 0. The molecule has 6 nitrogen and oxygen atoms in total. The Morgan fingerprint density at radius 3 is 2.27 bits per heavy atom. The molecule has 0 radical (unpaired) electrons. The average Bonchev–Trinajstić information content (AvgIpc) is 3.22. The lowest BCUT2D eigenvalue weighted by atomic mass is 10.1. The van der Waals surface area contributed by atoms with Crippen molar-refractivity contribution in [3.63, 3.8) is 0 Å². The fourth-order valence-corrected chi connectivity index (χ4v) is 3.06. The minimum absolute atomic E-state index is 0.154. The number of halogens is 1.